The van der Waals surface area contributed by atoms with Crippen LogP contribution in [0.5, 0.6) is 0 Å². The molecule has 82 valence electrons. The average Bonchev–Trinajstić information content (AvgIpc) is 2.62. The van der Waals surface area contributed by atoms with Crippen molar-refractivity contribution in [2.45, 2.75) is 6.92 Å². The number of Topliss-reactive ketones (excluding diaryl/α,β-unsaturated/α-hetero) is 1. The lowest BCUT2D eigenvalue weighted by Gasteiger charge is -2.01. The summed E-state index contributed by atoms with van der Waals surface area (Å²) in [6, 6.07) is 9.73. The van der Waals surface area contributed by atoms with Crippen LogP contribution in [-0.2, 0) is 7.05 Å². The molecule has 1 heterocycles. The molecule has 0 spiro atoms. The molecule has 1 aromatic carbocycles. The largest absolute Gasteiger partial charge is 0.293 e. The van der Waals surface area contributed by atoms with Gasteiger partial charge in [0, 0.05) is 18.4 Å². The van der Waals surface area contributed by atoms with Crippen molar-refractivity contribution >= 4 is 21.7 Å². The molecule has 0 radical (unpaired) electrons. The van der Waals surface area contributed by atoms with Crippen LogP contribution >= 0.6 is 15.9 Å². The van der Waals surface area contributed by atoms with Crippen LogP contribution in [0.1, 0.15) is 17.4 Å². The van der Waals surface area contributed by atoms with Crippen LogP contribution in [0.25, 0.3) is 11.3 Å². The van der Waals surface area contributed by atoms with E-state index >= 15 is 0 Å². The molecule has 0 aliphatic carbocycles. The van der Waals surface area contributed by atoms with E-state index < -0.39 is 0 Å². The minimum Gasteiger partial charge on any atom is -0.293 e. The third kappa shape index (κ3) is 2.07. The summed E-state index contributed by atoms with van der Waals surface area (Å²) >= 11 is 3.39. The molecule has 4 heteroatoms. The van der Waals surface area contributed by atoms with E-state index in [1.807, 2.05) is 37.4 Å². The Kier molecular flexibility index (Phi) is 2.92. The lowest BCUT2D eigenvalue weighted by molar-refractivity contribution is 0.101. The number of aryl methyl sites for hydroxylation is 1. The van der Waals surface area contributed by atoms with Crippen LogP contribution in [0.15, 0.2) is 34.8 Å². The molecule has 2 aromatic rings. The molecule has 0 saturated heterocycles. The van der Waals surface area contributed by atoms with Crippen LogP contribution in [0.3, 0.4) is 0 Å². The smallest absolute Gasteiger partial charge is 0.180 e. The number of hydrogen-bond donors (Lipinski definition) is 0. The summed E-state index contributed by atoms with van der Waals surface area (Å²) in [5, 5.41) is 4.16. The Balaban J connectivity index is 2.47. The first-order valence-electron chi connectivity index (χ1n) is 4.89. The van der Waals surface area contributed by atoms with Crippen molar-refractivity contribution < 1.29 is 4.79 Å². The van der Waals surface area contributed by atoms with Crippen molar-refractivity contribution in [3.63, 3.8) is 0 Å². The number of ketones is 1. The van der Waals surface area contributed by atoms with Crippen LogP contribution in [0.2, 0.25) is 0 Å². The summed E-state index contributed by atoms with van der Waals surface area (Å²) in [4.78, 5) is 11.2. The van der Waals surface area contributed by atoms with Crippen molar-refractivity contribution in [1.82, 2.24) is 9.78 Å². The van der Waals surface area contributed by atoms with E-state index in [0.29, 0.717) is 5.69 Å². The summed E-state index contributed by atoms with van der Waals surface area (Å²) in [5.41, 5.74) is 2.49. The van der Waals surface area contributed by atoms with Crippen molar-refractivity contribution in [2.24, 2.45) is 7.05 Å². The summed E-state index contributed by atoms with van der Waals surface area (Å²) in [5.74, 6) is -0.0149. The topological polar surface area (TPSA) is 34.9 Å². The Morgan fingerprint density at radius 3 is 2.44 bits per heavy atom. The number of halogens is 1. The highest BCUT2D eigenvalue weighted by Crippen LogP contribution is 2.22. The number of carbonyl (C=O) groups excluding carboxylic acids is 1. The van der Waals surface area contributed by atoms with Gasteiger partial charge in [-0.05, 0) is 23.8 Å². The van der Waals surface area contributed by atoms with Crippen molar-refractivity contribution in [2.75, 3.05) is 0 Å². The summed E-state index contributed by atoms with van der Waals surface area (Å²) in [7, 11) is 1.84. The van der Waals surface area contributed by atoms with E-state index in [2.05, 4.69) is 21.0 Å². The van der Waals surface area contributed by atoms with Gasteiger partial charge in [-0.2, -0.15) is 5.10 Å². The van der Waals surface area contributed by atoms with Gasteiger partial charge in [-0.25, -0.2) is 0 Å². The maximum atomic E-state index is 11.2. The molecule has 0 aliphatic heterocycles. The van der Waals surface area contributed by atoms with Gasteiger partial charge in [0.15, 0.2) is 5.78 Å². The van der Waals surface area contributed by atoms with Crippen LogP contribution in [0, 0.1) is 0 Å². The Morgan fingerprint density at radius 2 is 1.94 bits per heavy atom. The summed E-state index contributed by atoms with van der Waals surface area (Å²) < 4.78 is 2.75. The second-order valence-electron chi connectivity index (χ2n) is 3.60. The Labute approximate surface area is 102 Å². The highest BCUT2D eigenvalue weighted by molar-refractivity contribution is 9.10. The van der Waals surface area contributed by atoms with E-state index in [9.17, 15) is 4.79 Å². The molecule has 0 fully saturated rings. The highest BCUT2D eigenvalue weighted by Gasteiger charge is 2.09. The molecule has 0 unspecified atom stereocenters. The SMILES string of the molecule is CC(=O)c1cc(-c2ccc(Br)cc2)n(C)n1. The molecule has 0 aliphatic rings. The zero-order chi connectivity index (χ0) is 11.7. The number of aromatic nitrogens is 2. The number of nitrogens with zero attached hydrogens (tertiary/aromatic N) is 2. The van der Waals surface area contributed by atoms with Gasteiger partial charge in [0.1, 0.15) is 5.69 Å². The first kappa shape index (κ1) is 11.1. The zero-order valence-corrected chi connectivity index (χ0v) is 10.7. The van der Waals surface area contributed by atoms with Crippen LogP contribution in [0.4, 0.5) is 0 Å². The fourth-order valence-electron chi connectivity index (χ4n) is 1.53. The third-order valence-electron chi connectivity index (χ3n) is 2.38. The molecule has 0 saturated carbocycles. The Bertz CT molecular complexity index is 528. The molecule has 0 atom stereocenters. The van der Waals surface area contributed by atoms with Crippen molar-refractivity contribution in [3.05, 3.63) is 40.5 Å². The number of benzene rings is 1. The first-order valence-corrected chi connectivity index (χ1v) is 5.68. The Morgan fingerprint density at radius 1 is 1.31 bits per heavy atom. The quantitative estimate of drug-likeness (QED) is 0.792. The zero-order valence-electron chi connectivity index (χ0n) is 9.07. The molecule has 0 N–H and O–H groups in total. The van der Waals surface area contributed by atoms with E-state index in [0.717, 1.165) is 15.7 Å². The summed E-state index contributed by atoms with van der Waals surface area (Å²) in [6.07, 6.45) is 0. The van der Waals surface area contributed by atoms with Gasteiger partial charge in [-0.3, -0.25) is 9.48 Å². The highest BCUT2D eigenvalue weighted by atomic mass is 79.9. The minimum atomic E-state index is -0.0149. The maximum Gasteiger partial charge on any atom is 0.180 e. The fraction of sp³-hybridized carbons (Fsp3) is 0.167. The van der Waals surface area contributed by atoms with Gasteiger partial charge in [-0.15, -0.1) is 0 Å². The molecule has 2 rings (SSSR count). The van der Waals surface area contributed by atoms with Gasteiger partial charge >= 0.3 is 0 Å². The molecule has 0 amide bonds. The van der Waals surface area contributed by atoms with Crippen molar-refractivity contribution in [1.29, 1.82) is 0 Å². The second-order valence-corrected chi connectivity index (χ2v) is 4.52. The number of carbonyl (C=O) groups is 1. The van der Waals surface area contributed by atoms with E-state index in [4.69, 9.17) is 0 Å². The van der Waals surface area contributed by atoms with Gasteiger partial charge in [-0.1, -0.05) is 28.1 Å². The predicted molar refractivity (Wildman–Crippen MR) is 66.3 cm³/mol. The molecular weight excluding hydrogens is 268 g/mol. The van der Waals surface area contributed by atoms with Gasteiger partial charge in [0.05, 0.1) is 5.69 Å². The number of hydrogen-bond acceptors (Lipinski definition) is 2. The molecule has 1 aromatic heterocycles. The second kappa shape index (κ2) is 4.22. The van der Waals surface area contributed by atoms with E-state index in [1.165, 1.54) is 6.92 Å². The van der Waals surface area contributed by atoms with Gasteiger partial charge in [0.25, 0.3) is 0 Å². The Hall–Kier alpha value is -1.42. The predicted octanol–water partition coefficient (Wildman–Crippen LogP) is 3.05. The fourth-order valence-corrected chi connectivity index (χ4v) is 1.79. The first-order chi connectivity index (χ1) is 7.58. The van der Waals surface area contributed by atoms with Crippen molar-refractivity contribution in [3.8, 4) is 11.3 Å². The number of rotatable bonds is 2. The monoisotopic (exact) mass is 278 g/mol. The molecule has 0 bridgehead atoms. The van der Waals surface area contributed by atoms with E-state index in [1.54, 1.807) is 4.68 Å². The van der Waals surface area contributed by atoms with Gasteiger partial charge < -0.3 is 0 Å². The minimum absolute atomic E-state index is 0.0149. The molecular formula is C12H11BrN2O. The molecule has 3 nitrogen and oxygen atoms in total. The standard InChI is InChI=1S/C12H11BrN2O/c1-8(16)11-7-12(15(2)14-11)9-3-5-10(13)6-4-9/h3-7H,1-2H3. The lowest BCUT2D eigenvalue weighted by atomic mass is 10.1. The molecule has 16 heavy (non-hydrogen) atoms. The van der Waals surface area contributed by atoms with Crippen LogP contribution < -0.4 is 0 Å². The van der Waals surface area contributed by atoms with Gasteiger partial charge in [0.2, 0.25) is 0 Å². The van der Waals surface area contributed by atoms with Crippen LogP contribution in [-0.4, -0.2) is 15.6 Å². The third-order valence-corrected chi connectivity index (χ3v) is 2.91. The van der Waals surface area contributed by atoms with E-state index in [-0.39, 0.29) is 5.78 Å². The normalized spacial score (nSPS) is 10.4. The summed E-state index contributed by atoms with van der Waals surface area (Å²) in [6.45, 7) is 1.52. The maximum absolute atomic E-state index is 11.2. The average molecular weight is 279 g/mol. The lowest BCUT2D eigenvalue weighted by Crippen LogP contribution is -1.96.